The standard InChI is InChI=1S/C17H20INO/c1-4-20-16-8-5-14(6-9-16)13(3)19-17-10-7-15(18)11-12(17)2/h5-11,13,19H,4H2,1-3H3. The van der Waals surface area contributed by atoms with Gasteiger partial charge in [-0.15, -0.1) is 0 Å². The van der Waals surface area contributed by atoms with Gasteiger partial charge in [-0.25, -0.2) is 0 Å². The van der Waals surface area contributed by atoms with Crippen LogP contribution in [0.3, 0.4) is 0 Å². The van der Waals surface area contributed by atoms with E-state index in [1.54, 1.807) is 0 Å². The van der Waals surface area contributed by atoms with Crippen LogP contribution in [0.2, 0.25) is 0 Å². The van der Waals surface area contributed by atoms with Crippen LogP contribution < -0.4 is 10.1 Å². The van der Waals surface area contributed by atoms with Crippen LogP contribution >= 0.6 is 22.6 Å². The minimum atomic E-state index is 0.268. The number of ether oxygens (including phenoxy) is 1. The number of halogens is 1. The van der Waals surface area contributed by atoms with Gasteiger partial charge in [0.15, 0.2) is 0 Å². The highest BCUT2D eigenvalue weighted by atomic mass is 127. The molecule has 2 aromatic rings. The van der Waals surface area contributed by atoms with Crippen LogP contribution in [-0.2, 0) is 0 Å². The summed E-state index contributed by atoms with van der Waals surface area (Å²) in [5.41, 5.74) is 3.72. The predicted octanol–water partition coefficient (Wildman–Crippen LogP) is 5.17. The van der Waals surface area contributed by atoms with E-state index in [1.165, 1.54) is 20.4 Å². The molecule has 1 unspecified atom stereocenters. The van der Waals surface area contributed by atoms with Crippen LogP contribution in [0.25, 0.3) is 0 Å². The smallest absolute Gasteiger partial charge is 0.119 e. The molecule has 2 rings (SSSR count). The van der Waals surface area contributed by atoms with E-state index in [1.807, 2.05) is 19.1 Å². The lowest BCUT2D eigenvalue weighted by molar-refractivity contribution is 0.340. The van der Waals surface area contributed by atoms with Crippen molar-refractivity contribution in [3.63, 3.8) is 0 Å². The van der Waals surface area contributed by atoms with Gasteiger partial charge in [0, 0.05) is 15.3 Å². The summed E-state index contributed by atoms with van der Waals surface area (Å²) >= 11 is 2.34. The number of nitrogens with one attached hydrogen (secondary N) is 1. The SMILES string of the molecule is CCOc1ccc(C(C)Nc2ccc(I)cc2C)cc1. The molecular weight excluding hydrogens is 361 g/mol. The van der Waals surface area contributed by atoms with Crippen molar-refractivity contribution in [2.24, 2.45) is 0 Å². The Morgan fingerprint density at radius 2 is 1.85 bits per heavy atom. The van der Waals surface area contributed by atoms with Crippen molar-refractivity contribution >= 4 is 28.3 Å². The summed E-state index contributed by atoms with van der Waals surface area (Å²) in [6.45, 7) is 7.01. The van der Waals surface area contributed by atoms with E-state index in [0.717, 1.165) is 5.75 Å². The Labute approximate surface area is 134 Å². The Bertz CT molecular complexity index is 566. The van der Waals surface area contributed by atoms with Crippen molar-refractivity contribution in [3.05, 3.63) is 57.2 Å². The zero-order valence-electron chi connectivity index (χ0n) is 12.1. The summed E-state index contributed by atoms with van der Waals surface area (Å²) in [6.07, 6.45) is 0. The molecule has 106 valence electrons. The first-order valence-corrected chi connectivity index (χ1v) is 7.93. The fourth-order valence-corrected chi connectivity index (χ4v) is 2.77. The van der Waals surface area contributed by atoms with Crippen molar-refractivity contribution < 1.29 is 4.74 Å². The molecule has 2 nitrogen and oxygen atoms in total. The summed E-state index contributed by atoms with van der Waals surface area (Å²) in [5.74, 6) is 0.925. The number of benzene rings is 2. The van der Waals surface area contributed by atoms with Crippen molar-refractivity contribution in [2.75, 3.05) is 11.9 Å². The van der Waals surface area contributed by atoms with Gasteiger partial charge in [0.2, 0.25) is 0 Å². The number of hydrogen-bond donors (Lipinski definition) is 1. The second-order valence-electron chi connectivity index (χ2n) is 4.83. The molecule has 0 amide bonds. The molecule has 0 aromatic heterocycles. The summed E-state index contributed by atoms with van der Waals surface area (Å²) in [5, 5.41) is 3.56. The Balaban J connectivity index is 2.09. The topological polar surface area (TPSA) is 21.3 Å². The van der Waals surface area contributed by atoms with Gasteiger partial charge in [0.25, 0.3) is 0 Å². The maximum Gasteiger partial charge on any atom is 0.119 e. The van der Waals surface area contributed by atoms with E-state index < -0.39 is 0 Å². The Kier molecular flexibility index (Phi) is 5.29. The van der Waals surface area contributed by atoms with Gasteiger partial charge in [0.05, 0.1) is 6.61 Å². The van der Waals surface area contributed by atoms with E-state index in [0.29, 0.717) is 6.61 Å². The van der Waals surface area contributed by atoms with E-state index in [9.17, 15) is 0 Å². The van der Waals surface area contributed by atoms with Crippen LogP contribution in [0.1, 0.15) is 31.0 Å². The molecule has 0 heterocycles. The Morgan fingerprint density at radius 3 is 2.45 bits per heavy atom. The van der Waals surface area contributed by atoms with Crippen LogP contribution in [0, 0.1) is 10.5 Å². The summed E-state index contributed by atoms with van der Waals surface area (Å²) in [7, 11) is 0. The van der Waals surface area contributed by atoms with Gasteiger partial charge in [-0.1, -0.05) is 12.1 Å². The van der Waals surface area contributed by atoms with Crippen LogP contribution in [0.5, 0.6) is 5.75 Å². The minimum Gasteiger partial charge on any atom is -0.494 e. The summed E-state index contributed by atoms with van der Waals surface area (Å²) in [6, 6.07) is 15.0. The van der Waals surface area contributed by atoms with Crippen molar-refractivity contribution in [1.29, 1.82) is 0 Å². The van der Waals surface area contributed by atoms with Crippen LogP contribution in [0.15, 0.2) is 42.5 Å². The molecule has 1 N–H and O–H groups in total. The quantitative estimate of drug-likeness (QED) is 0.722. The molecule has 0 saturated carbocycles. The lowest BCUT2D eigenvalue weighted by Crippen LogP contribution is -2.07. The maximum absolute atomic E-state index is 5.47. The fraction of sp³-hybridized carbons (Fsp3) is 0.294. The third kappa shape index (κ3) is 3.88. The van der Waals surface area contributed by atoms with Gasteiger partial charge >= 0.3 is 0 Å². The van der Waals surface area contributed by atoms with Gasteiger partial charge in [-0.2, -0.15) is 0 Å². The Hall–Kier alpha value is -1.23. The molecule has 0 aliphatic carbocycles. The number of rotatable bonds is 5. The van der Waals surface area contributed by atoms with Crippen LogP contribution in [-0.4, -0.2) is 6.61 Å². The number of anilines is 1. The van der Waals surface area contributed by atoms with E-state index in [-0.39, 0.29) is 6.04 Å². The van der Waals surface area contributed by atoms with Gasteiger partial charge in [-0.3, -0.25) is 0 Å². The first-order chi connectivity index (χ1) is 9.60. The minimum absolute atomic E-state index is 0.268. The second kappa shape index (κ2) is 6.97. The Morgan fingerprint density at radius 1 is 1.15 bits per heavy atom. The molecule has 0 radical (unpaired) electrons. The molecule has 20 heavy (non-hydrogen) atoms. The molecule has 0 fully saturated rings. The van der Waals surface area contributed by atoms with E-state index in [2.05, 4.69) is 72.1 Å². The first-order valence-electron chi connectivity index (χ1n) is 6.85. The highest BCUT2D eigenvalue weighted by molar-refractivity contribution is 14.1. The van der Waals surface area contributed by atoms with Crippen molar-refractivity contribution in [3.8, 4) is 5.75 Å². The third-order valence-electron chi connectivity index (χ3n) is 3.25. The highest BCUT2D eigenvalue weighted by Crippen LogP contribution is 2.24. The molecule has 3 heteroatoms. The predicted molar refractivity (Wildman–Crippen MR) is 93.5 cm³/mol. The molecule has 0 aliphatic rings. The summed E-state index contributed by atoms with van der Waals surface area (Å²) in [4.78, 5) is 0. The lowest BCUT2D eigenvalue weighted by Gasteiger charge is -2.18. The lowest BCUT2D eigenvalue weighted by atomic mass is 10.1. The van der Waals surface area contributed by atoms with E-state index >= 15 is 0 Å². The zero-order valence-corrected chi connectivity index (χ0v) is 14.3. The average molecular weight is 381 g/mol. The molecule has 0 saturated heterocycles. The fourth-order valence-electron chi connectivity index (χ4n) is 2.13. The van der Waals surface area contributed by atoms with Gasteiger partial charge in [0.1, 0.15) is 5.75 Å². The zero-order chi connectivity index (χ0) is 14.5. The highest BCUT2D eigenvalue weighted by Gasteiger charge is 2.07. The largest absolute Gasteiger partial charge is 0.494 e. The molecule has 0 bridgehead atoms. The third-order valence-corrected chi connectivity index (χ3v) is 3.92. The van der Waals surface area contributed by atoms with Gasteiger partial charge in [-0.05, 0) is 84.8 Å². The van der Waals surface area contributed by atoms with Crippen molar-refractivity contribution in [2.45, 2.75) is 26.8 Å². The molecule has 0 spiro atoms. The first kappa shape index (κ1) is 15.2. The molecule has 1 atom stereocenters. The molecular formula is C17H20INO. The normalized spacial score (nSPS) is 12.0. The maximum atomic E-state index is 5.47. The monoisotopic (exact) mass is 381 g/mol. The average Bonchev–Trinajstić information content (AvgIpc) is 2.43. The summed E-state index contributed by atoms with van der Waals surface area (Å²) < 4.78 is 6.73. The van der Waals surface area contributed by atoms with E-state index in [4.69, 9.17) is 4.74 Å². The number of hydrogen-bond acceptors (Lipinski definition) is 2. The molecule has 0 aliphatic heterocycles. The molecule has 2 aromatic carbocycles. The number of aryl methyl sites for hydroxylation is 1. The van der Waals surface area contributed by atoms with Crippen molar-refractivity contribution in [1.82, 2.24) is 0 Å². The second-order valence-corrected chi connectivity index (χ2v) is 6.07. The van der Waals surface area contributed by atoms with Crippen LogP contribution in [0.4, 0.5) is 5.69 Å². The van der Waals surface area contributed by atoms with Gasteiger partial charge < -0.3 is 10.1 Å².